The van der Waals surface area contributed by atoms with E-state index in [1.54, 1.807) is 63.2 Å². The van der Waals surface area contributed by atoms with Crippen LogP contribution in [0.1, 0.15) is 46.9 Å². The van der Waals surface area contributed by atoms with Crippen LogP contribution in [0.2, 0.25) is 0 Å². The second-order valence-corrected chi connectivity index (χ2v) is 7.62. The highest BCUT2D eigenvalue weighted by molar-refractivity contribution is 5.96. The zero-order chi connectivity index (χ0) is 22.9. The van der Waals surface area contributed by atoms with Gasteiger partial charge in [-0.25, -0.2) is 0 Å². The molecule has 2 aromatic rings. The molecule has 1 amide bonds. The molecule has 2 aromatic carbocycles. The van der Waals surface area contributed by atoms with E-state index in [1.807, 2.05) is 0 Å². The Morgan fingerprint density at radius 1 is 0.900 bits per heavy atom. The van der Waals surface area contributed by atoms with Gasteiger partial charge in [-0.05, 0) is 51.7 Å². The summed E-state index contributed by atoms with van der Waals surface area (Å²) in [5.74, 6) is -1.11. The lowest BCUT2D eigenvalue weighted by Gasteiger charge is -2.41. The zero-order valence-electron chi connectivity index (χ0n) is 16.8. The Bertz CT molecular complexity index is 889. The van der Waals surface area contributed by atoms with Gasteiger partial charge in [0.05, 0.1) is 22.7 Å². The predicted octanol–water partition coefficient (Wildman–Crippen LogP) is 5.54. The smallest absolute Gasteiger partial charge is 0.343 e. The second-order valence-electron chi connectivity index (χ2n) is 7.62. The third-order valence-electron chi connectivity index (χ3n) is 5.16. The number of likely N-dealkylation sites (N-methyl/N-ethyl adjacent to an activating group) is 1. The number of carbonyl (C=O) groups excluding carboxylic acids is 1. The molecular weight excluding hydrogens is 410 g/mol. The summed E-state index contributed by atoms with van der Waals surface area (Å²) in [6.07, 6.45) is -10.1. The first-order valence-electron chi connectivity index (χ1n) is 8.97. The molecule has 3 nitrogen and oxygen atoms in total. The summed E-state index contributed by atoms with van der Waals surface area (Å²) in [6.45, 7) is 3.59. The van der Waals surface area contributed by atoms with Crippen molar-refractivity contribution in [2.45, 2.75) is 37.8 Å². The van der Waals surface area contributed by atoms with Crippen LogP contribution in [0.25, 0.3) is 0 Å². The van der Waals surface area contributed by atoms with E-state index in [0.717, 1.165) is 0 Å². The van der Waals surface area contributed by atoms with E-state index in [1.165, 1.54) is 0 Å². The Labute approximate surface area is 170 Å². The van der Waals surface area contributed by atoms with Gasteiger partial charge in [0, 0.05) is 5.54 Å². The number of alkyl halides is 6. The lowest BCUT2D eigenvalue weighted by molar-refractivity contribution is -0.143. The third-order valence-corrected chi connectivity index (χ3v) is 5.16. The molecule has 0 spiro atoms. The highest BCUT2D eigenvalue weighted by Crippen LogP contribution is 2.38. The first kappa shape index (κ1) is 23.7. The van der Waals surface area contributed by atoms with Crippen molar-refractivity contribution in [1.82, 2.24) is 10.2 Å². The number of hydrogen-bond acceptors (Lipinski definition) is 2. The molecule has 1 unspecified atom stereocenters. The normalized spacial score (nSPS) is 14.0. The van der Waals surface area contributed by atoms with Gasteiger partial charge >= 0.3 is 12.4 Å². The predicted molar refractivity (Wildman–Crippen MR) is 101 cm³/mol. The van der Waals surface area contributed by atoms with Crippen molar-refractivity contribution >= 4 is 5.91 Å². The molecule has 0 aromatic heterocycles. The van der Waals surface area contributed by atoms with E-state index in [4.69, 9.17) is 0 Å². The van der Waals surface area contributed by atoms with Crippen LogP contribution >= 0.6 is 0 Å². The lowest BCUT2D eigenvalue weighted by Crippen LogP contribution is -2.51. The first-order valence-corrected chi connectivity index (χ1v) is 8.97. The lowest BCUT2D eigenvalue weighted by atomic mass is 9.87. The van der Waals surface area contributed by atoms with Gasteiger partial charge in [-0.1, -0.05) is 30.3 Å². The van der Waals surface area contributed by atoms with E-state index in [9.17, 15) is 31.1 Å². The largest absolute Gasteiger partial charge is 0.417 e. The van der Waals surface area contributed by atoms with Crippen molar-refractivity contribution < 1.29 is 31.1 Å². The van der Waals surface area contributed by atoms with Gasteiger partial charge in [-0.2, -0.15) is 26.3 Å². The Kier molecular flexibility index (Phi) is 6.56. The second kappa shape index (κ2) is 8.29. The van der Waals surface area contributed by atoms with Crippen LogP contribution in [0.3, 0.4) is 0 Å². The average molecular weight is 432 g/mol. The fraction of sp³-hybridized carbons (Fsp3) is 0.381. The molecule has 0 aliphatic carbocycles. The molecule has 0 bridgehead atoms. The Morgan fingerprint density at radius 3 is 1.93 bits per heavy atom. The Morgan fingerprint density at radius 2 is 1.47 bits per heavy atom. The van der Waals surface area contributed by atoms with Crippen molar-refractivity contribution in [3.63, 3.8) is 0 Å². The fourth-order valence-electron chi connectivity index (χ4n) is 2.93. The SMILES string of the molecule is CN(C)C(C)(C)C(NC(=O)c1ccc(C(F)(F)F)cc1C(F)(F)F)c1ccccc1. The number of carbonyl (C=O) groups is 1. The molecule has 0 aliphatic heterocycles. The summed E-state index contributed by atoms with van der Waals surface area (Å²) in [6, 6.07) is 8.89. The fourth-order valence-corrected chi connectivity index (χ4v) is 2.93. The van der Waals surface area contributed by atoms with E-state index in [2.05, 4.69) is 5.32 Å². The molecule has 0 fully saturated rings. The van der Waals surface area contributed by atoms with Crippen LogP contribution in [-0.4, -0.2) is 30.4 Å². The molecule has 1 atom stereocenters. The van der Waals surface area contributed by atoms with Gasteiger partial charge in [-0.3, -0.25) is 4.79 Å². The summed E-state index contributed by atoms with van der Waals surface area (Å²) in [7, 11) is 3.50. The van der Waals surface area contributed by atoms with Crippen LogP contribution in [-0.2, 0) is 12.4 Å². The van der Waals surface area contributed by atoms with Crippen molar-refractivity contribution in [2.24, 2.45) is 0 Å². The number of amides is 1. The highest BCUT2D eigenvalue weighted by Gasteiger charge is 2.41. The molecule has 0 saturated heterocycles. The first-order chi connectivity index (χ1) is 13.7. The van der Waals surface area contributed by atoms with E-state index < -0.39 is 46.5 Å². The summed E-state index contributed by atoms with van der Waals surface area (Å²) in [4.78, 5) is 14.6. The van der Waals surface area contributed by atoms with Gasteiger partial charge in [0.1, 0.15) is 0 Å². The molecule has 0 heterocycles. The van der Waals surface area contributed by atoms with Crippen molar-refractivity contribution in [2.75, 3.05) is 14.1 Å². The van der Waals surface area contributed by atoms with Crippen molar-refractivity contribution in [3.05, 3.63) is 70.8 Å². The van der Waals surface area contributed by atoms with E-state index >= 15 is 0 Å². The van der Waals surface area contributed by atoms with Crippen molar-refractivity contribution in [3.8, 4) is 0 Å². The molecule has 164 valence electrons. The molecule has 0 aliphatic rings. The van der Waals surface area contributed by atoms with Crippen LogP contribution < -0.4 is 5.32 Å². The minimum Gasteiger partial charge on any atom is -0.343 e. The van der Waals surface area contributed by atoms with Gasteiger partial charge in [0.15, 0.2) is 0 Å². The Hall–Kier alpha value is -2.55. The number of rotatable bonds is 5. The molecule has 30 heavy (non-hydrogen) atoms. The minimum atomic E-state index is -5.13. The molecule has 2 rings (SSSR count). The molecule has 0 saturated carbocycles. The maximum atomic E-state index is 13.4. The molecular formula is C21H22F6N2O. The summed E-state index contributed by atoms with van der Waals surface area (Å²) in [5, 5.41) is 2.58. The number of hydrogen-bond donors (Lipinski definition) is 1. The maximum Gasteiger partial charge on any atom is 0.417 e. The van der Waals surface area contributed by atoms with Crippen molar-refractivity contribution in [1.29, 1.82) is 0 Å². The standard InChI is InChI=1S/C21H22F6N2O/c1-19(2,29(3)4)17(13-8-6-5-7-9-13)28-18(30)15-11-10-14(20(22,23)24)12-16(15)21(25,26)27/h5-12,17H,1-4H3,(H,28,30). The highest BCUT2D eigenvalue weighted by atomic mass is 19.4. The van der Waals surface area contributed by atoms with E-state index in [0.29, 0.717) is 17.7 Å². The Balaban J connectivity index is 2.52. The minimum absolute atomic E-state index is 0.0382. The summed E-state index contributed by atoms with van der Waals surface area (Å²) < 4.78 is 79.0. The number of nitrogens with zero attached hydrogens (tertiary/aromatic N) is 1. The molecule has 0 radical (unpaired) electrons. The van der Waals surface area contributed by atoms with Gasteiger partial charge < -0.3 is 10.2 Å². The third kappa shape index (κ3) is 5.13. The summed E-state index contributed by atoms with van der Waals surface area (Å²) in [5.41, 5.74) is -4.05. The van der Waals surface area contributed by atoms with E-state index in [-0.39, 0.29) is 6.07 Å². The van der Waals surface area contributed by atoms with Crippen LogP contribution in [0.5, 0.6) is 0 Å². The number of benzene rings is 2. The topological polar surface area (TPSA) is 32.3 Å². The van der Waals surface area contributed by atoms with Gasteiger partial charge in [0.2, 0.25) is 0 Å². The maximum absolute atomic E-state index is 13.4. The molecule has 1 N–H and O–H groups in total. The monoisotopic (exact) mass is 432 g/mol. The van der Waals surface area contributed by atoms with Gasteiger partial charge in [0.25, 0.3) is 5.91 Å². The van der Waals surface area contributed by atoms with Crippen LogP contribution in [0, 0.1) is 0 Å². The number of halogens is 6. The number of nitrogens with one attached hydrogen (secondary N) is 1. The van der Waals surface area contributed by atoms with Crippen LogP contribution in [0.4, 0.5) is 26.3 Å². The van der Waals surface area contributed by atoms with Crippen LogP contribution in [0.15, 0.2) is 48.5 Å². The summed E-state index contributed by atoms with van der Waals surface area (Å²) >= 11 is 0. The average Bonchev–Trinajstić information content (AvgIpc) is 2.64. The van der Waals surface area contributed by atoms with Gasteiger partial charge in [-0.15, -0.1) is 0 Å². The quantitative estimate of drug-likeness (QED) is 0.630. The molecule has 9 heteroatoms. The zero-order valence-corrected chi connectivity index (χ0v) is 16.8.